The van der Waals surface area contributed by atoms with Crippen LogP contribution in [0.1, 0.15) is 88.6 Å². The van der Waals surface area contributed by atoms with Gasteiger partial charge in [-0.1, -0.05) is 64.6 Å². The second-order valence-electron chi connectivity index (χ2n) is 8.14. The van der Waals surface area contributed by atoms with Crippen molar-refractivity contribution in [2.24, 2.45) is 5.92 Å². The number of hydrogen-bond acceptors (Lipinski definition) is 3. The quantitative estimate of drug-likeness (QED) is 0.562. The summed E-state index contributed by atoms with van der Waals surface area (Å²) in [5, 5.41) is 10.7. The van der Waals surface area contributed by atoms with Crippen LogP contribution in [-0.4, -0.2) is 31.6 Å². The summed E-state index contributed by atoms with van der Waals surface area (Å²) in [5.41, 5.74) is 1.72. The third-order valence-corrected chi connectivity index (χ3v) is 6.32. The van der Waals surface area contributed by atoms with Crippen molar-refractivity contribution in [1.29, 1.82) is 0 Å². The maximum absolute atomic E-state index is 12.7. The first kappa shape index (κ1) is 25.9. The molecule has 3 N–H and O–H groups in total. The molecule has 1 aliphatic heterocycles. The van der Waals surface area contributed by atoms with Crippen LogP contribution in [-0.2, 0) is 6.54 Å². The molecule has 0 aromatic heterocycles. The maximum Gasteiger partial charge on any atom is 0.252 e. The number of amides is 1. The van der Waals surface area contributed by atoms with Gasteiger partial charge in [0.05, 0.1) is 10.6 Å². The monoisotopic (exact) mass is 423 g/mol. The highest BCUT2D eigenvalue weighted by Crippen LogP contribution is 2.22. The van der Waals surface area contributed by atoms with E-state index in [1.807, 2.05) is 18.2 Å². The summed E-state index contributed by atoms with van der Waals surface area (Å²) in [5.74, 6) is 0.573. The molecule has 4 nitrogen and oxygen atoms in total. The van der Waals surface area contributed by atoms with Crippen LogP contribution >= 0.6 is 11.6 Å². The Hall–Kier alpha value is -1.10. The summed E-state index contributed by atoms with van der Waals surface area (Å²) in [7, 11) is 0. The fourth-order valence-electron chi connectivity index (χ4n) is 4.22. The molecule has 1 aliphatic carbocycles. The zero-order valence-electron chi connectivity index (χ0n) is 16.4. The third-order valence-electron chi connectivity index (χ3n) is 5.99. The normalized spacial score (nSPS) is 18.7. The van der Waals surface area contributed by atoms with Gasteiger partial charge in [0.1, 0.15) is 0 Å². The zero-order valence-corrected chi connectivity index (χ0v) is 17.1. The van der Waals surface area contributed by atoms with Crippen LogP contribution in [0, 0.1) is 5.92 Å². The minimum absolute atomic E-state index is 0. The largest absolute Gasteiger partial charge is 0.352 e. The average molecular weight is 424 g/mol. The maximum atomic E-state index is 12.7. The molecule has 1 aromatic rings. The smallest absolute Gasteiger partial charge is 0.252 e. The lowest BCUT2D eigenvalue weighted by molar-refractivity contribution is 0.0944. The summed E-state index contributed by atoms with van der Waals surface area (Å²) in [6.07, 6.45) is 11.4. The number of carbonyl (C=O) groups excluding carboxylic acids is 1. The molecule has 1 saturated heterocycles. The van der Waals surface area contributed by atoms with Crippen molar-refractivity contribution in [2.75, 3.05) is 19.6 Å². The van der Waals surface area contributed by atoms with Crippen molar-refractivity contribution in [3.8, 4) is 0 Å². The van der Waals surface area contributed by atoms with Gasteiger partial charge in [-0.25, -0.2) is 0 Å². The van der Waals surface area contributed by atoms with Crippen LogP contribution in [0.3, 0.4) is 0 Å². The van der Waals surface area contributed by atoms with Gasteiger partial charge in [-0.3, -0.25) is 4.79 Å². The lowest BCUT2D eigenvalue weighted by Crippen LogP contribution is -2.39. The number of piperidine rings is 1. The summed E-state index contributed by atoms with van der Waals surface area (Å²) in [6.45, 7) is 3.71. The molecular formula is C24H42ClN3O. The van der Waals surface area contributed by atoms with E-state index >= 15 is 0 Å². The Bertz CT molecular complexity index is 594. The SMILES string of the molecule is C.C.O=C(NCC1CCCCCCC1)c1cc(CNC2CCNCC2)ccc1Cl. The van der Waals surface area contributed by atoms with E-state index in [0.717, 1.165) is 44.6 Å². The first-order valence-electron chi connectivity index (χ1n) is 10.7. The number of halogens is 1. The second kappa shape index (κ2) is 14.0. The molecule has 1 heterocycles. The van der Waals surface area contributed by atoms with Crippen LogP contribution in [0.15, 0.2) is 18.2 Å². The van der Waals surface area contributed by atoms with Gasteiger partial charge in [-0.2, -0.15) is 0 Å². The van der Waals surface area contributed by atoms with Crippen molar-refractivity contribution in [3.05, 3.63) is 34.3 Å². The molecule has 0 radical (unpaired) electrons. The molecule has 29 heavy (non-hydrogen) atoms. The second-order valence-corrected chi connectivity index (χ2v) is 8.55. The van der Waals surface area contributed by atoms with Crippen LogP contribution in [0.2, 0.25) is 5.02 Å². The number of nitrogens with one attached hydrogen (secondary N) is 3. The lowest BCUT2D eigenvalue weighted by Gasteiger charge is -2.24. The molecule has 1 aromatic carbocycles. The van der Waals surface area contributed by atoms with Gasteiger partial charge >= 0.3 is 0 Å². The van der Waals surface area contributed by atoms with Crippen molar-refractivity contribution in [1.82, 2.24) is 16.0 Å². The van der Waals surface area contributed by atoms with Gasteiger partial charge in [0, 0.05) is 19.1 Å². The van der Waals surface area contributed by atoms with Crippen LogP contribution in [0.5, 0.6) is 0 Å². The summed E-state index contributed by atoms with van der Waals surface area (Å²) in [4.78, 5) is 12.7. The molecule has 1 saturated carbocycles. The summed E-state index contributed by atoms with van der Waals surface area (Å²) >= 11 is 6.32. The molecule has 0 spiro atoms. The standard InChI is InChI=1S/C22H34ClN3O.2CH4/c23-21-9-8-18(16-25-19-10-12-24-13-11-19)14-20(21)22(27)26-15-17-6-4-2-1-3-5-7-17;;/h8-9,14,17,19,24-25H,1-7,10-13,15-16H2,(H,26,27);2*1H4. The Kier molecular flexibility index (Phi) is 12.5. The minimum Gasteiger partial charge on any atom is -0.352 e. The number of benzene rings is 1. The first-order valence-corrected chi connectivity index (χ1v) is 11.1. The molecule has 5 heteroatoms. The molecule has 2 aliphatic rings. The average Bonchev–Trinajstić information content (AvgIpc) is 2.67. The first-order chi connectivity index (χ1) is 13.2. The van der Waals surface area contributed by atoms with E-state index < -0.39 is 0 Å². The van der Waals surface area contributed by atoms with Crippen molar-refractivity contribution in [3.63, 3.8) is 0 Å². The Balaban J connectivity index is 0.00000210. The van der Waals surface area contributed by atoms with E-state index in [1.54, 1.807) is 0 Å². The van der Waals surface area contributed by atoms with E-state index in [-0.39, 0.29) is 20.8 Å². The topological polar surface area (TPSA) is 53.2 Å². The third kappa shape index (κ3) is 8.65. The minimum atomic E-state index is -0.0363. The predicted molar refractivity (Wildman–Crippen MR) is 126 cm³/mol. The van der Waals surface area contributed by atoms with Crippen molar-refractivity contribution < 1.29 is 4.79 Å². The van der Waals surface area contributed by atoms with E-state index in [0.29, 0.717) is 22.5 Å². The van der Waals surface area contributed by atoms with Gasteiger partial charge in [-0.05, 0) is 62.4 Å². The van der Waals surface area contributed by atoms with Gasteiger partial charge in [0.15, 0.2) is 0 Å². The van der Waals surface area contributed by atoms with Crippen molar-refractivity contribution >= 4 is 17.5 Å². The molecule has 2 fully saturated rings. The van der Waals surface area contributed by atoms with E-state index in [1.165, 1.54) is 44.9 Å². The zero-order chi connectivity index (χ0) is 18.9. The molecule has 1 amide bonds. The number of hydrogen-bond donors (Lipinski definition) is 3. The fraction of sp³-hybridized carbons (Fsp3) is 0.708. The van der Waals surface area contributed by atoms with E-state index in [9.17, 15) is 4.79 Å². The molecule has 166 valence electrons. The Morgan fingerprint density at radius 3 is 2.34 bits per heavy atom. The van der Waals surface area contributed by atoms with E-state index in [4.69, 9.17) is 11.6 Å². The van der Waals surface area contributed by atoms with Gasteiger partial charge in [0.25, 0.3) is 5.91 Å². The van der Waals surface area contributed by atoms with Gasteiger partial charge < -0.3 is 16.0 Å². The molecular weight excluding hydrogens is 382 g/mol. The molecule has 0 bridgehead atoms. The highest BCUT2D eigenvalue weighted by Gasteiger charge is 2.16. The number of rotatable bonds is 6. The molecule has 0 unspecified atom stereocenters. The predicted octanol–water partition coefficient (Wildman–Crippen LogP) is 5.54. The highest BCUT2D eigenvalue weighted by atomic mass is 35.5. The van der Waals surface area contributed by atoms with Crippen LogP contribution < -0.4 is 16.0 Å². The van der Waals surface area contributed by atoms with E-state index in [2.05, 4.69) is 16.0 Å². The Morgan fingerprint density at radius 2 is 1.66 bits per heavy atom. The Morgan fingerprint density at radius 1 is 1.00 bits per heavy atom. The fourth-order valence-corrected chi connectivity index (χ4v) is 4.43. The van der Waals surface area contributed by atoms with Crippen molar-refractivity contribution in [2.45, 2.75) is 85.2 Å². The molecule has 3 rings (SSSR count). The lowest BCUT2D eigenvalue weighted by atomic mass is 9.91. The highest BCUT2D eigenvalue weighted by molar-refractivity contribution is 6.33. The summed E-state index contributed by atoms with van der Waals surface area (Å²) < 4.78 is 0. The Labute approximate surface area is 183 Å². The van der Waals surface area contributed by atoms with Gasteiger partial charge in [0.2, 0.25) is 0 Å². The summed E-state index contributed by atoms with van der Waals surface area (Å²) in [6, 6.07) is 6.37. The molecule has 0 atom stereocenters. The van der Waals surface area contributed by atoms with Gasteiger partial charge in [-0.15, -0.1) is 0 Å². The van der Waals surface area contributed by atoms with Crippen LogP contribution in [0.25, 0.3) is 0 Å². The van der Waals surface area contributed by atoms with Crippen LogP contribution in [0.4, 0.5) is 0 Å². The number of carbonyl (C=O) groups is 1.